The summed E-state index contributed by atoms with van der Waals surface area (Å²) in [5.74, 6) is 0. The van der Waals surface area contributed by atoms with Crippen molar-refractivity contribution in [2.45, 2.75) is 0 Å². The van der Waals surface area contributed by atoms with E-state index in [2.05, 4.69) is 0 Å². The number of hydrogen-bond donors (Lipinski definition) is 2. The summed E-state index contributed by atoms with van der Waals surface area (Å²) in [5.41, 5.74) is 0. The van der Waals surface area contributed by atoms with Gasteiger partial charge in [-0.05, 0) is 0 Å². The quantitative estimate of drug-likeness (QED) is 0.310. The Morgan fingerprint density at radius 3 is 0.667 bits per heavy atom. The Balaban J connectivity index is -0.000000000163. The number of rotatable bonds is 0. The molecule has 56 valence electrons. The third kappa shape index (κ3) is 69.2. The van der Waals surface area contributed by atoms with Crippen LogP contribution in [0.5, 0.6) is 0 Å². The van der Waals surface area contributed by atoms with Gasteiger partial charge in [0.2, 0.25) is 0 Å². The second-order valence-electron chi connectivity index (χ2n) is 0.283. The smallest absolute Gasteiger partial charge is 1.00 e. The van der Waals surface area contributed by atoms with Crippen LogP contribution in [-0.2, 0) is 0 Å². The molecule has 0 heterocycles. The zero-order valence-corrected chi connectivity index (χ0v) is 35.3. The minimum atomic E-state index is -1.83. The third-order valence-electron chi connectivity index (χ3n) is 0. The molecule has 0 amide bonds. The van der Waals surface area contributed by atoms with Crippen LogP contribution in [0, 0.1) is 0 Å². The van der Waals surface area contributed by atoms with Crippen molar-refractivity contribution in [2.75, 3.05) is 0 Å². The standard InChI is InChI=1S/CH2O3.8Sr.16H/c2-1(3)4;;;;;;;;;;;;;;;;;;;;;;;;/h(H2,2,3,4);;;;;;;;;;;;;;;;;;;;;;;;/q;8*+2;16*-1. The van der Waals surface area contributed by atoms with Crippen LogP contribution < -0.4 is 0 Å². The van der Waals surface area contributed by atoms with Crippen molar-refractivity contribution >= 4 is 370 Å². The van der Waals surface area contributed by atoms with Gasteiger partial charge in [-0.25, -0.2) is 4.79 Å². The van der Waals surface area contributed by atoms with E-state index in [0.29, 0.717) is 0 Å². The van der Waals surface area contributed by atoms with E-state index in [1.54, 1.807) is 0 Å². The van der Waals surface area contributed by atoms with Crippen LogP contribution in [0.3, 0.4) is 0 Å². The van der Waals surface area contributed by atoms with Crippen LogP contribution in [0.1, 0.15) is 22.8 Å². The summed E-state index contributed by atoms with van der Waals surface area (Å²) < 4.78 is 0. The monoisotopic (exact) mass is 781 g/mol. The summed E-state index contributed by atoms with van der Waals surface area (Å²) >= 11 is 0. The van der Waals surface area contributed by atoms with Gasteiger partial charge in [-0.3, -0.25) is 0 Å². The summed E-state index contributed by atoms with van der Waals surface area (Å²) in [6, 6.07) is 0. The molecule has 0 aromatic carbocycles. The first kappa shape index (κ1) is 56.7. The van der Waals surface area contributed by atoms with Gasteiger partial charge in [0.15, 0.2) is 0 Å². The zero-order valence-electron chi connectivity index (χ0n) is 23.5. The molecule has 11 heteroatoms. The van der Waals surface area contributed by atoms with Gasteiger partial charge in [-0.15, -0.1) is 0 Å². The van der Waals surface area contributed by atoms with Gasteiger partial charge in [0, 0.05) is 0 Å². The van der Waals surface area contributed by atoms with E-state index in [9.17, 15) is 0 Å². The van der Waals surface area contributed by atoms with Crippen molar-refractivity contribution in [1.29, 1.82) is 0 Å². The fraction of sp³-hybridized carbons (Fsp3) is 0. The van der Waals surface area contributed by atoms with Gasteiger partial charge in [0.25, 0.3) is 0 Å². The molecule has 0 aliphatic heterocycles. The molecule has 0 radical (unpaired) electrons. The van der Waals surface area contributed by atoms with Gasteiger partial charge in [-0.1, -0.05) is 0 Å². The molecule has 0 saturated heterocycles. The van der Waals surface area contributed by atoms with Crippen molar-refractivity contribution in [1.82, 2.24) is 0 Å². The average molecular weight is 779 g/mol. The Labute approximate surface area is 393 Å². The van der Waals surface area contributed by atoms with E-state index in [1.165, 1.54) is 0 Å². The van der Waals surface area contributed by atoms with Crippen LogP contribution in [0.15, 0.2) is 0 Å². The van der Waals surface area contributed by atoms with Gasteiger partial charge >= 0.3 is 370 Å². The largest absolute Gasteiger partial charge is 2.00 e. The summed E-state index contributed by atoms with van der Waals surface area (Å²) in [5, 5.41) is 13.9. The molecule has 0 aliphatic carbocycles. The molecule has 0 unspecified atom stereocenters. The molecular weight excluding hydrogens is 761 g/mol. The fourth-order valence-electron chi connectivity index (χ4n) is 0. The van der Waals surface area contributed by atoms with E-state index in [4.69, 9.17) is 15.0 Å². The van der Waals surface area contributed by atoms with Gasteiger partial charge in [0.1, 0.15) is 0 Å². The third-order valence-corrected chi connectivity index (χ3v) is 0. The van der Waals surface area contributed by atoms with Crippen LogP contribution in [0.4, 0.5) is 4.79 Å². The van der Waals surface area contributed by atoms with E-state index in [1.807, 2.05) is 0 Å². The first-order chi connectivity index (χ1) is 1.73. The van der Waals surface area contributed by atoms with Gasteiger partial charge in [0.05, 0.1) is 0 Å². The first-order valence-corrected chi connectivity index (χ1v) is 0.651. The molecule has 0 aliphatic rings. The molecule has 2 N–H and O–H groups in total. The Morgan fingerprint density at radius 1 is 0.667 bits per heavy atom. The van der Waals surface area contributed by atoms with Crippen LogP contribution in [-0.4, -0.2) is 380 Å². The maximum Gasteiger partial charge on any atom is 2.00 e. The molecule has 3 nitrogen and oxygen atoms in total. The molecule has 0 aromatic heterocycles. The maximum absolute atomic E-state index is 8.56. The summed E-state index contributed by atoms with van der Waals surface area (Å²) in [6.45, 7) is 0. The van der Waals surface area contributed by atoms with E-state index >= 15 is 0 Å². The number of carbonyl (C=O) groups is 1. The van der Waals surface area contributed by atoms with Crippen LogP contribution >= 0.6 is 0 Å². The molecule has 0 aromatic rings. The second-order valence-corrected chi connectivity index (χ2v) is 0.283. The van der Waals surface area contributed by atoms with Crippen molar-refractivity contribution < 1.29 is 37.8 Å². The van der Waals surface area contributed by atoms with E-state index < -0.39 is 6.16 Å². The molecule has 0 fully saturated rings. The Bertz CT molecular complexity index is 64.9. The van der Waals surface area contributed by atoms with Crippen LogP contribution in [0.2, 0.25) is 0 Å². The van der Waals surface area contributed by atoms with Gasteiger partial charge < -0.3 is 33.0 Å². The number of hydrogen-bond acceptors (Lipinski definition) is 1. The minimum absolute atomic E-state index is 0. The molecular formula is CH18O3Sr8. The SMILES string of the molecule is O=C(O)O.[H-].[H-].[H-].[H-].[H-].[H-].[H-].[H-].[H-].[H-].[H-].[H-].[H-].[H-].[H-].[H-].[Sr+2].[Sr+2].[Sr+2].[Sr+2].[Sr+2].[Sr+2].[Sr+2].[Sr+2]. The average Bonchev–Trinajstić information content (AvgIpc) is 0.811. The molecule has 0 rings (SSSR count). The van der Waals surface area contributed by atoms with Gasteiger partial charge in [-0.2, -0.15) is 0 Å². The Hall–Kier alpha value is 11.1. The normalized spacial score (nSPS) is 2.00. The molecule has 12 heavy (non-hydrogen) atoms. The summed E-state index contributed by atoms with van der Waals surface area (Å²) in [7, 11) is 0. The van der Waals surface area contributed by atoms with E-state index in [-0.39, 0.29) is 387 Å². The predicted molar refractivity (Wildman–Crippen MR) is 74.5 cm³/mol. The summed E-state index contributed by atoms with van der Waals surface area (Å²) in [4.78, 5) is 8.56. The molecule has 0 bridgehead atoms. The molecule has 0 spiro atoms. The predicted octanol–water partition coefficient (Wildman–Crippen LogP) is -1.02. The van der Waals surface area contributed by atoms with Crippen LogP contribution in [0.25, 0.3) is 0 Å². The minimum Gasteiger partial charge on any atom is -1.00 e. The Morgan fingerprint density at radius 2 is 0.667 bits per heavy atom. The Kier molecular flexibility index (Phi) is 234. The topological polar surface area (TPSA) is 57.5 Å². The summed E-state index contributed by atoms with van der Waals surface area (Å²) in [6.07, 6.45) is -1.83. The first-order valence-electron chi connectivity index (χ1n) is 0.651. The zero-order chi connectivity index (χ0) is 3.58. The maximum atomic E-state index is 8.56. The van der Waals surface area contributed by atoms with Crippen molar-refractivity contribution in [3.05, 3.63) is 0 Å². The van der Waals surface area contributed by atoms with E-state index in [0.717, 1.165) is 0 Å². The fourth-order valence-corrected chi connectivity index (χ4v) is 0. The van der Waals surface area contributed by atoms with Crippen molar-refractivity contribution in [3.8, 4) is 0 Å². The molecule has 0 saturated carbocycles. The van der Waals surface area contributed by atoms with Crippen molar-refractivity contribution in [2.24, 2.45) is 0 Å². The number of carboxylic acid groups (broad SMARTS) is 2. The van der Waals surface area contributed by atoms with Crippen molar-refractivity contribution in [3.63, 3.8) is 0 Å². The second kappa shape index (κ2) is 49.5. The molecule has 0 atom stereocenters.